The summed E-state index contributed by atoms with van der Waals surface area (Å²) in [7, 11) is -5.68. The topological polar surface area (TPSA) is 733 Å². The number of phenols is 1. The van der Waals surface area contributed by atoms with Crippen molar-refractivity contribution in [3.63, 3.8) is 0 Å². The highest BCUT2D eigenvalue weighted by molar-refractivity contribution is 7.45. The number of nitrogens with zero attached hydrogens (tertiary/aromatic N) is 1. The van der Waals surface area contributed by atoms with E-state index in [1.807, 2.05) is 36.9 Å². The number of aliphatic carboxylic acids is 8. The molecule has 0 radical (unpaired) electrons. The number of phosphoric acid groups is 1. The molecule has 43 nitrogen and oxygen atoms in total. The maximum absolute atomic E-state index is 12.8. The number of β-amino-alcohol motifs (C(OH)–C–C–N with tert-alkyl or cyclic N) is 1. The predicted octanol–water partition coefficient (Wildman–Crippen LogP) is -17.4. The normalized spacial score (nSPS) is 15.6. The molecule has 13 N–H and O–H groups in total. The summed E-state index contributed by atoms with van der Waals surface area (Å²) in [6.07, 6.45) is -20.3. The summed E-state index contributed by atoms with van der Waals surface area (Å²) >= 11 is 0. The summed E-state index contributed by atoms with van der Waals surface area (Å²) in [5.41, 5.74) is -1.17. The van der Waals surface area contributed by atoms with E-state index in [1.54, 1.807) is 5.32 Å². The van der Waals surface area contributed by atoms with Crippen molar-refractivity contribution >= 4 is 108 Å². The van der Waals surface area contributed by atoms with Crippen molar-refractivity contribution < 1.29 is 152 Å². The number of aromatic nitrogens is 2. The number of carboxylic acids is 8. The van der Waals surface area contributed by atoms with E-state index in [9.17, 15) is 152 Å². The Balaban J connectivity index is 1.44. The van der Waals surface area contributed by atoms with Crippen LogP contribution in [0.15, 0.2) is 27.8 Å². The van der Waals surface area contributed by atoms with Crippen molar-refractivity contribution in [3.8, 4) is 5.75 Å². The van der Waals surface area contributed by atoms with E-state index in [2.05, 4.69) is 14.0 Å². The lowest BCUT2D eigenvalue weighted by atomic mass is 9.97. The monoisotopic (exact) mass is 1410 g/mol. The second kappa shape index (κ2) is 38.3. The van der Waals surface area contributed by atoms with Crippen LogP contribution in [0.3, 0.4) is 0 Å². The highest BCUT2D eigenvalue weighted by Crippen LogP contribution is 2.41. The van der Waals surface area contributed by atoms with Crippen LogP contribution in [0.2, 0.25) is 0 Å². The number of carboxylic acid groups (broad SMARTS) is 8. The lowest BCUT2D eigenvalue weighted by Gasteiger charge is -2.35. The van der Waals surface area contributed by atoms with Crippen molar-refractivity contribution in [1.29, 1.82) is 0 Å². The number of carbonyl (C=O) groups is 15. The molecule has 2 aromatic rings. The van der Waals surface area contributed by atoms with Crippen molar-refractivity contribution in [2.45, 2.75) is 170 Å². The number of nitrogens with one attached hydrogen (secondary N) is 9. The van der Waals surface area contributed by atoms with Crippen molar-refractivity contribution in [1.82, 2.24) is 47.2 Å². The average Bonchev–Trinajstić information content (AvgIpc) is 0.759. The van der Waals surface area contributed by atoms with Crippen molar-refractivity contribution in [2.24, 2.45) is 0 Å². The molecule has 0 spiro atoms. The summed E-state index contributed by atoms with van der Waals surface area (Å²) in [4.78, 5) is 224. The molecule has 1 aromatic heterocycles. The molecule has 0 saturated carbocycles. The van der Waals surface area contributed by atoms with Crippen molar-refractivity contribution in [2.75, 3.05) is 18.1 Å². The number of phosphoric ester groups is 1. The van der Waals surface area contributed by atoms with E-state index in [0.717, 1.165) is 11.8 Å². The second-order valence-electron chi connectivity index (χ2n) is 21.6. The number of phenolic OH excluding ortho intramolecular Hbond substituents is 1. The van der Waals surface area contributed by atoms with Crippen LogP contribution in [0, 0.1) is 0 Å². The first-order valence-corrected chi connectivity index (χ1v) is 30.5. The van der Waals surface area contributed by atoms with Gasteiger partial charge < -0.3 is 156 Å². The molecule has 98 heavy (non-hydrogen) atoms. The molecule has 1 aliphatic heterocycles. The molecule has 0 bridgehead atoms. The smallest absolute Gasteiger partial charge is 0.327 e. The summed E-state index contributed by atoms with van der Waals surface area (Å²) in [5, 5.41) is 148. The standard InChI is InChI=1S/C54H73N10O33P/c1-22(97-98(94,95)96-21-35(67)43(76)34(66)20-64-33-19-24(65)3-2-23(33)18-25-44(64)62-54(93)63-46(25)78)45(77)61-32(53(91)92)9-16-41(73)59-30(51(87)88)7-14-39(71)57-28(49(83)84)5-12-37(69)55-26(47(79)80)4-11-36(68)56-27(48(81)82)6-13-38(70)58-29(50(85)86)8-15-40(72)60-31(52(89)90)10-17-42(74)75/h2-3,19,22,26-32,34-35,43,65-67,76H,4-18,20-21H2,1H3,(H,55,69)(H,56,68)(H,57,71)(H,58,70)(H,59,73)(H,60,72)(H,61,77)(H,74,75)(H,79,80)(H,81,82)(H,83,84)(H,85,86)(H,87,88)(H,89,90)(H,91,92)(H,94,95)(H2,62,63,78,93)/p-9/t22-,26-,27-,28-,29-,30-,31-,32-,34-,35+,43-/m0/s1. The van der Waals surface area contributed by atoms with Gasteiger partial charge in [-0.2, -0.15) is 0 Å². The van der Waals surface area contributed by atoms with Gasteiger partial charge in [-0.05, 0) is 69.9 Å². The molecule has 542 valence electrons. The Morgan fingerprint density at radius 1 is 0.520 bits per heavy atom. The number of rotatable bonds is 45. The van der Waals surface area contributed by atoms with Crippen LogP contribution in [-0.4, -0.2) is 199 Å². The van der Waals surface area contributed by atoms with Crippen LogP contribution in [0.4, 0.5) is 11.5 Å². The lowest BCUT2D eigenvalue weighted by Crippen LogP contribution is -2.52. The molecule has 0 aliphatic carbocycles. The molecular weight excluding hydrogens is 1350 g/mol. The minimum absolute atomic E-state index is 0.0141. The number of benzene rings is 1. The number of H-pyrrole nitrogens is 2. The fourth-order valence-electron chi connectivity index (χ4n) is 8.98. The Bertz CT molecular complexity index is 3490. The molecule has 3 rings (SSSR count). The van der Waals surface area contributed by atoms with Crippen LogP contribution in [0.5, 0.6) is 5.75 Å². The number of hydrogen-bond acceptors (Lipinski definition) is 34. The summed E-state index contributed by atoms with van der Waals surface area (Å²) in [6, 6.07) is -10.0. The minimum Gasteiger partial charge on any atom is -0.756 e. The third-order valence-corrected chi connectivity index (χ3v) is 15.2. The first-order chi connectivity index (χ1) is 45.7. The zero-order valence-corrected chi connectivity index (χ0v) is 52.0. The fraction of sp³-hybridized carbons (Fsp3) is 0.537. The van der Waals surface area contributed by atoms with Crippen LogP contribution in [0.1, 0.15) is 108 Å². The zero-order chi connectivity index (χ0) is 74.1. The number of anilines is 2. The Morgan fingerprint density at radius 3 is 1.19 bits per heavy atom. The lowest BCUT2D eigenvalue weighted by molar-refractivity contribution is -0.311. The van der Waals surface area contributed by atoms with Gasteiger partial charge in [0.2, 0.25) is 41.4 Å². The molecule has 2 heterocycles. The molecule has 12 atom stereocenters. The molecule has 1 unspecified atom stereocenters. The van der Waals surface area contributed by atoms with Crippen LogP contribution in [-0.2, 0) is 92.0 Å². The van der Waals surface area contributed by atoms with Gasteiger partial charge in [-0.1, -0.05) is 6.07 Å². The first kappa shape index (κ1) is 81.8. The number of fused-ring (bicyclic) bond motifs is 2. The van der Waals surface area contributed by atoms with E-state index in [-0.39, 0.29) is 29.2 Å². The molecule has 1 aliphatic rings. The number of aliphatic hydroxyl groups is 3. The van der Waals surface area contributed by atoms with E-state index in [0.29, 0.717) is 5.56 Å². The number of hydrogen-bond donors (Lipinski definition) is 13. The average molecular weight is 1410 g/mol. The van der Waals surface area contributed by atoms with Gasteiger partial charge in [0, 0.05) is 62.7 Å². The molecule has 0 fully saturated rings. The van der Waals surface area contributed by atoms with Crippen LogP contribution in [0.25, 0.3) is 0 Å². The quantitative estimate of drug-likeness (QED) is 0.0274. The molecule has 0 saturated heterocycles. The Labute approximate surface area is 549 Å². The summed E-state index contributed by atoms with van der Waals surface area (Å²) in [5.74, 6) is -24.8. The van der Waals surface area contributed by atoms with Gasteiger partial charge in [-0.15, -0.1) is 0 Å². The van der Waals surface area contributed by atoms with Crippen LogP contribution < -0.4 is 99.1 Å². The van der Waals surface area contributed by atoms with E-state index < -0.39 is 278 Å². The highest BCUT2D eigenvalue weighted by Gasteiger charge is 2.34. The second-order valence-corrected chi connectivity index (χ2v) is 23.0. The fourth-order valence-corrected chi connectivity index (χ4v) is 9.86. The van der Waals surface area contributed by atoms with Gasteiger partial charge >= 0.3 is 5.69 Å². The maximum Gasteiger partial charge on any atom is 0.327 e. The SMILES string of the molecule is C[C@H](OP(=O)([O-])OC[C@@H](O)[C@@H](O)[C@@H](O)CN1c2cc(O)ccc2Cc2c1[nH]c(=O)[nH]c2=O)C(=O)N[C@@H](CCC(=O)N[C@@H](CCC(=O)N[C@@H](CCC(=O)N[C@@H](CCC(=O)N[C@@H](CCC(=O)N[C@@H](CCC(=O)N[C@@H](CCC(=O)[O-])C(=O)[O-])C(=O)[O-])C(=O)[O-])C(=O)[O-])C(=O)[O-])C(=O)[O-])C(=O)[O-]. The number of aromatic amines is 2. The van der Waals surface area contributed by atoms with Crippen molar-refractivity contribution in [3.05, 3.63) is 50.2 Å². The molecule has 1 aromatic carbocycles. The van der Waals surface area contributed by atoms with Gasteiger partial charge in [0.05, 0.1) is 103 Å². The van der Waals surface area contributed by atoms with Crippen LogP contribution >= 0.6 is 7.82 Å². The molecule has 7 amide bonds. The predicted molar refractivity (Wildman–Crippen MR) is 296 cm³/mol. The number of aromatic hydroxyl groups is 1. The molecule has 44 heteroatoms. The third-order valence-electron chi connectivity index (χ3n) is 14.2. The largest absolute Gasteiger partial charge is 0.756 e. The van der Waals surface area contributed by atoms with E-state index >= 15 is 0 Å². The Hall–Kier alpha value is -10.5. The van der Waals surface area contributed by atoms with Gasteiger partial charge in [0.25, 0.3) is 13.4 Å². The highest BCUT2D eigenvalue weighted by atomic mass is 31.2. The summed E-state index contributed by atoms with van der Waals surface area (Å²) in [6.45, 7) is -1.28. The molecular formula is C54H64N10O33P-9. The first-order valence-electron chi connectivity index (χ1n) is 29.0. The Morgan fingerprint density at radius 2 is 0.857 bits per heavy atom. The Kier molecular flexibility index (Phi) is 32.0. The number of carbonyl (C=O) groups excluding carboxylic acids is 15. The van der Waals surface area contributed by atoms with E-state index in [1.165, 1.54) is 18.2 Å². The van der Waals surface area contributed by atoms with Gasteiger partial charge in [-0.25, -0.2) is 4.79 Å². The maximum atomic E-state index is 12.8. The van der Waals surface area contributed by atoms with Gasteiger partial charge in [0.1, 0.15) is 36.0 Å². The van der Waals surface area contributed by atoms with Gasteiger partial charge in [-0.3, -0.25) is 52.9 Å². The third kappa shape index (κ3) is 27.7. The summed E-state index contributed by atoms with van der Waals surface area (Å²) < 4.78 is 21.8. The van der Waals surface area contributed by atoms with Gasteiger partial charge in [0.15, 0.2) is 0 Å². The zero-order valence-electron chi connectivity index (χ0n) is 51.1. The van der Waals surface area contributed by atoms with E-state index in [4.69, 9.17) is 0 Å². The minimum atomic E-state index is -5.68. The number of amides is 7. The number of aliphatic hydroxyl groups excluding tert-OH is 3.